The quantitative estimate of drug-likeness (QED) is 0.719. The first-order valence-corrected chi connectivity index (χ1v) is 5.13. The largest absolute Gasteiger partial charge is 0.481 e. The summed E-state index contributed by atoms with van der Waals surface area (Å²) >= 11 is 0. The van der Waals surface area contributed by atoms with E-state index in [0.29, 0.717) is 0 Å². The van der Waals surface area contributed by atoms with E-state index in [2.05, 4.69) is 10.1 Å². The fourth-order valence-electron chi connectivity index (χ4n) is 1.50. The first-order chi connectivity index (χ1) is 8.28. The molecule has 0 bridgehead atoms. The second-order valence-electron chi connectivity index (χ2n) is 3.85. The van der Waals surface area contributed by atoms with Gasteiger partial charge >= 0.3 is 12.1 Å². The molecule has 1 aliphatic carbocycles. The monoisotopic (exact) mass is 267 g/mol. The summed E-state index contributed by atoms with van der Waals surface area (Å²) in [6.07, 6.45) is -1.34. The van der Waals surface area contributed by atoms with E-state index in [1.165, 1.54) is 12.2 Å². The molecule has 0 saturated heterocycles. The Balaban J connectivity index is 2.22. The van der Waals surface area contributed by atoms with Gasteiger partial charge in [-0.1, -0.05) is 12.2 Å². The minimum atomic E-state index is -4.47. The van der Waals surface area contributed by atoms with Crippen LogP contribution in [0.25, 0.3) is 0 Å². The van der Waals surface area contributed by atoms with Gasteiger partial charge in [0.1, 0.15) is 13.2 Å². The molecule has 1 rings (SSSR count). The van der Waals surface area contributed by atoms with Gasteiger partial charge < -0.3 is 15.2 Å². The molecule has 0 spiro atoms. The van der Waals surface area contributed by atoms with Crippen LogP contribution in [0.1, 0.15) is 6.42 Å². The molecule has 1 aliphatic rings. The van der Waals surface area contributed by atoms with Crippen LogP contribution in [0.5, 0.6) is 0 Å². The molecule has 2 atom stereocenters. The number of carbonyl (C=O) groups excluding carboxylic acids is 1. The van der Waals surface area contributed by atoms with E-state index in [0.717, 1.165) is 0 Å². The van der Waals surface area contributed by atoms with Crippen molar-refractivity contribution in [2.75, 3.05) is 13.2 Å². The maximum Gasteiger partial charge on any atom is 0.411 e. The predicted molar refractivity (Wildman–Crippen MR) is 53.7 cm³/mol. The van der Waals surface area contributed by atoms with E-state index in [1.807, 2.05) is 0 Å². The molecule has 0 aliphatic heterocycles. The van der Waals surface area contributed by atoms with Crippen LogP contribution < -0.4 is 5.32 Å². The molecular weight excluding hydrogens is 255 g/mol. The van der Waals surface area contributed by atoms with Crippen LogP contribution >= 0.6 is 0 Å². The SMILES string of the molecule is O=C(COCC(F)(F)F)NC1C=CC(C(=O)O)C1. The Morgan fingerprint density at radius 1 is 1.39 bits per heavy atom. The summed E-state index contributed by atoms with van der Waals surface area (Å²) in [4.78, 5) is 21.8. The highest BCUT2D eigenvalue weighted by Crippen LogP contribution is 2.18. The van der Waals surface area contributed by atoms with Crippen LogP contribution in [-0.4, -0.2) is 42.4 Å². The van der Waals surface area contributed by atoms with Crippen LogP contribution in [0.4, 0.5) is 13.2 Å². The van der Waals surface area contributed by atoms with Crippen molar-refractivity contribution in [1.29, 1.82) is 0 Å². The molecule has 0 saturated carbocycles. The summed E-state index contributed by atoms with van der Waals surface area (Å²) in [5, 5.41) is 11.1. The second kappa shape index (κ2) is 5.85. The summed E-state index contributed by atoms with van der Waals surface area (Å²) in [5.41, 5.74) is 0. The molecule has 0 radical (unpaired) electrons. The predicted octanol–water partition coefficient (Wildman–Crippen LogP) is 0.711. The van der Waals surface area contributed by atoms with Gasteiger partial charge in [-0.05, 0) is 6.42 Å². The number of carbonyl (C=O) groups is 2. The normalized spacial score (nSPS) is 23.1. The highest BCUT2D eigenvalue weighted by Gasteiger charge is 2.28. The van der Waals surface area contributed by atoms with Crippen molar-refractivity contribution in [2.24, 2.45) is 5.92 Å². The third kappa shape index (κ3) is 5.17. The van der Waals surface area contributed by atoms with Crippen molar-refractivity contribution in [3.8, 4) is 0 Å². The fraction of sp³-hybridized carbons (Fsp3) is 0.600. The van der Waals surface area contributed by atoms with Crippen LogP contribution in [0.3, 0.4) is 0 Å². The topological polar surface area (TPSA) is 75.6 Å². The van der Waals surface area contributed by atoms with Gasteiger partial charge in [0, 0.05) is 6.04 Å². The lowest BCUT2D eigenvalue weighted by Gasteiger charge is -2.12. The number of amides is 1. The number of ether oxygens (including phenoxy) is 1. The van der Waals surface area contributed by atoms with Gasteiger partial charge in [0.2, 0.25) is 5.91 Å². The molecule has 2 unspecified atom stereocenters. The maximum atomic E-state index is 11.7. The van der Waals surface area contributed by atoms with Crippen LogP contribution in [-0.2, 0) is 14.3 Å². The number of aliphatic carboxylic acids is 1. The van der Waals surface area contributed by atoms with E-state index in [4.69, 9.17) is 5.11 Å². The van der Waals surface area contributed by atoms with Gasteiger partial charge in [-0.15, -0.1) is 0 Å². The third-order valence-corrected chi connectivity index (χ3v) is 2.25. The summed E-state index contributed by atoms with van der Waals surface area (Å²) in [6.45, 7) is -2.19. The zero-order valence-electron chi connectivity index (χ0n) is 9.24. The molecule has 0 heterocycles. The fourth-order valence-corrected chi connectivity index (χ4v) is 1.50. The molecule has 102 valence electrons. The Kier molecular flexibility index (Phi) is 4.71. The highest BCUT2D eigenvalue weighted by atomic mass is 19.4. The number of halogens is 3. The van der Waals surface area contributed by atoms with Crippen LogP contribution in [0, 0.1) is 5.92 Å². The minimum absolute atomic E-state index is 0.195. The van der Waals surface area contributed by atoms with E-state index in [-0.39, 0.29) is 6.42 Å². The van der Waals surface area contributed by atoms with Gasteiger partial charge in [0.05, 0.1) is 5.92 Å². The van der Waals surface area contributed by atoms with Crippen molar-refractivity contribution in [2.45, 2.75) is 18.6 Å². The number of hydrogen-bond acceptors (Lipinski definition) is 3. The lowest BCUT2D eigenvalue weighted by atomic mass is 10.1. The molecule has 5 nitrogen and oxygen atoms in total. The molecule has 0 aromatic rings. The number of carboxylic acids is 1. The third-order valence-electron chi connectivity index (χ3n) is 2.25. The van der Waals surface area contributed by atoms with E-state index >= 15 is 0 Å². The number of hydrogen-bond donors (Lipinski definition) is 2. The molecule has 8 heteroatoms. The zero-order chi connectivity index (χ0) is 13.8. The van der Waals surface area contributed by atoms with E-state index in [9.17, 15) is 22.8 Å². The second-order valence-corrected chi connectivity index (χ2v) is 3.85. The molecule has 0 aromatic heterocycles. The zero-order valence-corrected chi connectivity index (χ0v) is 9.24. The first-order valence-electron chi connectivity index (χ1n) is 5.13. The van der Waals surface area contributed by atoms with Gasteiger partial charge in [-0.25, -0.2) is 0 Å². The molecule has 2 N–H and O–H groups in total. The van der Waals surface area contributed by atoms with E-state index < -0.39 is 43.2 Å². The number of carboxylic acid groups (broad SMARTS) is 1. The molecule has 0 fully saturated rings. The Bertz CT molecular complexity index is 354. The maximum absolute atomic E-state index is 11.7. The molecule has 0 aromatic carbocycles. The van der Waals surface area contributed by atoms with Crippen molar-refractivity contribution < 1.29 is 32.6 Å². The Morgan fingerprint density at radius 3 is 2.56 bits per heavy atom. The van der Waals surface area contributed by atoms with Crippen molar-refractivity contribution in [1.82, 2.24) is 5.32 Å². The van der Waals surface area contributed by atoms with Gasteiger partial charge in [0.15, 0.2) is 0 Å². The lowest BCUT2D eigenvalue weighted by Crippen LogP contribution is -2.36. The molecular formula is C10H12F3NO4. The Morgan fingerprint density at radius 2 is 2.06 bits per heavy atom. The number of rotatable bonds is 5. The summed E-state index contributed by atoms with van der Waals surface area (Å²) in [7, 11) is 0. The average Bonchev–Trinajstić information content (AvgIpc) is 2.64. The Labute approximate surface area is 101 Å². The van der Waals surface area contributed by atoms with Crippen LogP contribution in [0.15, 0.2) is 12.2 Å². The average molecular weight is 267 g/mol. The summed E-state index contributed by atoms with van der Waals surface area (Å²) < 4.78 is 39.3. The summed E-state index contributed by atoms with van der Waals surface area (Å²) in [6, 6.07) is -0.479. The number of nitrogens with one attached hydrogen (secondary N) is 1. The number of alkyl halides is 3. The standard InChI is InChI=1S/C10H12F3NO4/c11-10(12,13)5-18-4-8(15)14-7-2-1-6(3-7)9(16)17/h1-2,6-7H,3-5H2,(H,14,15)(H,16,17). The van der Waals surface area contributed by atoms with Gasteiger partial charge in [-0.2, -0.15) is 13.2 Å². The minimum Gasteiger partial charge on any atom is -0.481 e. The first kappa shape index (κ1) is 14.5. The Hall–Kier alpha value is -1.57. The summed E-state index contributed by atoms with van der Waals surface area (Å²) in [5.74, 6) is -2.39. The molecule has 18 heavy (non-hydrogen) atoms. The smallest absolute Gasteiger partial charge is 0.411 e. The van der Waals surface area contributed by atoms with Gasteiger partial charge in [-0.3, -0.25) is 9.59 Å². The highest BCUT2D eigenvalue weighted by molar-refractivity contribution is 5.78. The van der Waals surface area contributed by atoms with Crippen molar-refractivity contribution in [3.63, 3.8) is 0 Å². The van der Waals surface area contributed by atoms with Gasteiger partial charge in [0.25, 0.3) is 0 Å². The lowest BCUT2D eigenvalue weighted by molar-refractivity contribution is -0.175. The molecule has 1 amide bonds. The van der Waals surface area contributed by atoms with Crippen molar-refractivity contribution in [3.05, 3.63) is 12.2 Å². The van der Waals surface area contributed by atoms with Crippen molar-refractivity contribution >= 4 is 11.9 Å². The van der Waals surface area contributed by atoms with Crippen LogP contribution in [0.2, 0.25) is 0 Å². The van der Waals surface area contributed by atoms with E-state index in [1.54, 1.807) is 0 Å².